The summed E-state index contributed by atoms with van der Waals surface area (Å²) in [6.07, 6.45) is -3.70. The van der Waals surface area contributed by atoms with Crippen molar-refractivity contribution in [3.63, 3.8) is 0 Å². The summed E-state index contributed by atoms with van der Waals surface area (Å²) in [7, 11) is 0. The molecule has 1 atom stereocenters. The minimum absolute atomic E-state index is 0.0716. The van der Waals surface area contributed by atoms with E-state index < -0.39 is 29.4 Å². The second-order valence-corrected chi connectivity index (χ2v) is 6.20. The lowest BCUT2D eigenvalue weighted by molar-refractivity contribution is -0.137. The van der Waals surface area contributed by atoms with Gasteiger partial charge in [-0.05, 0) is 30.3 Å². The van der Waals surface area contributed by atoms with Gasteiger partial charge in [0.05, 0.1) is 17.7 Å². The fraction of sp³-hybridized carbons (Fsp3) is 0.211. The van der Waals surface area contributed by atoms with E-state index in [1.165, 1.54) is 47.4 Å². The Labute approximate surface area is 157 Å². The van der Waals surface area contributed by atoms with Gasteiger partial charge in [0, 0.05) is 24.2 Å². The van der Waals surface area contributed by atoms with Crippen molar-refractivity contribution in [1.82, 2.24) is 5.43 Å². The first-order valence-electron chi connectivity index (χ1n) is 8.31. The largest absolute Gasteiger partial charge is 0.417 e. The number of hydrogen-bond donors (Lipinski definition) is 1. The molecule has 0 radical (unpaired) electrons. The average molecular weight is 393 g/mol. The van der Waals surface area contributed by atoms with Crippen molar-refractivity contribution in [2.45, 2.75) is 12.6 Å². The third-order valence-corrected chi connectivity index (χ3v) is 4.28. The van der Waals surface area contributed by atoms with Crippen LogP contribution in [0.3, 0.4) is 0 Å². The van der Waals surface area contributed by atoms with Gasteiger partial charge in [0.1, 0.15) is 5.82 Å². The zero-order chi connectivity index (χ0) is 20.3. The zero-order valence-corrected chi connectivity index (χ0v) is 14.4. The molecule has 146 valence electrons. The van der Waals surface area contributed by atoms with E-state index in [2.05, 4.69) is 10.5 Å². The van der Waals surface area contributed by atoms with Gasteiger partial charge in [-0.3, -0.25) is 9.59 Å². The molecule has 2 aromatic carbocycles. The predicted octanol–water partition coefficient (Wildman–Crippen LogP) is 3.35. The number of hydrogen-bond acceptors (Lipinski definition) is 3. The number of nitrogens with zero attached hydrogens (tertiary/aromatic N) is 2. The Morgan fingerprint density at radius 2 is 1.82 bits per heavy atom. The molecule has 5 nitrogen and oxygen atoms in total. The molecule has 0 saturated carbocycles. The number of nitrogens with one attached hydrogen (secondary N) is 1. The van der Waals surface area contributed by atoms with Gasteiger partial charge in [0.2, 0.25) is 11.8 Å². The van der Waals surface area contributed by atoms with Crippen LogP contribution in [0.4, 0.5) is 23.2 Å². The maximum absolute atomic E-state index is 13.0. The second-order valence-electron chi connectivity index (χ2n) is 6.20. The van der Waals surface area contributed by atoms with Crippen molar-refractivity contribution in [2.75, 3.05) is 11.4 Å². The zero-order valence-electron chi connectivity index (χ0n) is 14.4. The predicted molar refractivity (Wildman–Crippen MR) is 94.0 cm³/mol. The molecule has 1 saturated heterocycles. The molecule has 1 heterocycles. The second kappa shape index (κ2) is 7.79. The molecule has 2 aromatic rings. The Morgan fingerprint density at radius 3 is 2.50 bits per heavy atom. The number of hydrazone groups is 1. The third kappa shape index (κ3) is 4.36. The summed E-state index contributed by atoms with van der Waals surface area (Å²) in [6.45, 7) is 0.0744. The number of benzene rings is 2. The quantitative estimate of drug-likeness (QED) is 0.492. The SMILES string of the molecule is O=C(NN=Cc1ccccc1C(F)(F)F)C1CC(=O)N(c2ccc(F)cc2)C1. The summed E-state index contributed by atoms with van der Waals surface area (Å²) < 4.78 is 51.8. The molecule has 9 heteroatoms. The summed E-state index contributed by atoms with van der Waals surface area (Å²) in [5.74, 6) is -2.05. The number of anilines is 1. The lowest BCUT2D eigenvalue weighted by atomic mass is 10.1. The maximum Gasteiger partial charge on any atom is 0.417 e. The molecular formula is C19H15F4N3O2. The standard InChI is InChI=1S/C19H15F4N3O2/c20-14-5-7-15(8-6-14)26-11-13(9-17(26)27)18(28)25-24-10-12-3-1-2-4-16(12)19(21,22)23/h1-8,10,13H,9,11H2,(H,25,28). The first-order chi connectivity index (χ1) is 13.3. The van der Waals surface area contributed by atoms with Crippen molar-refractivity contribution < 1.29 is 27.2 Å². The molecule has 3 rings (SSSR count). The molecule has 1 aliphatic heterocycles. The van der Waals surface area contributed by atoms with Crippen LogP contribution in [0.15, 0.2) is 53.6 Å². The van der Waals surface area contributed by atoms with E-state index in [-0.39, 0.29) is 24.4 Å². The lowest BCUT2D eigenvalue weighted by Gasteiger charge is -2.16. The topological polar surface area (TPSA) is 61.8 Å². The van der Waals surface area contributed by atoms with E-state index in [4.69, 9.17) is 0 Å². The van der Waals surface area contributed by atoms with Crippen LogP contribution in [-0.2, 0) is 15.8 Å². The summed E-state index contributed by atoms with van der Waals surface area (Å²) in [4.78, 5) is 25.7. The van der Waals surface area contributed by atoms with Crippen LogP contribution in [0.2, 0.25) is 0 Å². The Kier molecular flexibility index (Phi) is 5.43. The number of carbonyl (C=O) groups excluding carboxylic acids is 2. The van der Waals surface area contributed by atoms with Crippen LogP contribution < -0.4 is 10.3 Å². The fourth-order valence-corrected chi connectivity index (χ4v) is 2.88. The average Bonchev–Trinajstić information content (AvgIpc) is 3.04. The van der Waals surface area contributed by atoms with Gasteiger partial charge in [0.15, 0.2) is 0 Å². The van der Waals surface area contributed by atoms with Gasteiger partial charge < -0.3 is 4.90 Å². The summed E-state index contributed by atoms with van der Waals surface area (Å²) in [6, 6.07) is 10.1. The minimum atomic E-state index is -4.54. The van der Waals surface area contributed by atoms with Crippen molar-refractivity contribution in [2.24, 2.45) is 11.0 Å². The molecule has 0 bridgehead atoms. The van der Waals surface area contributed by atoms with E-state index in [1.54, 1.807) is 0 Å². The first-order valence-corrected chi connectivity index (χ1v) is 8.31. The number of carbonyl (C=O) groups is 2. The lowest BCUT2D eigenvalue weighted by Crippen LogP contribution is -2.30. The van der Waals surface area contributed by atoms with Crippen LogP contribution in [0.25, 0.3) is 0 Å². The first kappa shape index (κ1) is 19.5. The van der Waals surface area contributed by atoms with Crippen molar-refractivity contribution in [1.29, 1.82) is 0 Å². The normalized spacial score (nSPS) is 17.4. The highest BCUT2D eigenvalue weighted by molar-refractivity contribution is 6.00. The van der Waals surface area contributed by atoms with E-state index in [9.17, 15) is 27.2 Å². The van der Waals surface area contributed by atoms with Gasteiger partial charge in [-0.25, -0.2) is 9.82 Å². The third-order valence-electron chi connectivity index (χ3n) is 4.28. The summed E-state index contributed by atoms with van der Waals surface area (Å²) in [5.41, 5.74) is 1.58. The van der Waals surface area contributed by atoms with Crippen LogP contribution in [-0.4, -0.2) is 24.6 Å². The van der Waals surface area contributed by atoms with E-state index in [0.29, 0.717) is 5.69 Å². The van der Waals surface area contributed by atoms with Crippen LogP contribution >= 0.6 is 0 Å². The fourth-order valence-electron chi connectivity index (χ4n) is 2.88. The Hall–Kier alpha value is -3.23. The van der Waals surface area contributed by atoms with Gasteiger partial charge >= 0.3 is 6.18 Å². The van der Waals surface area contributed by atoms with E-state index >= 15 is 0 Å². The molecule has 0 spiro atoms. The molecular weight excluding hydrogens is 378 g/mol. The van der Waals surface area contributed by atoms with Crippen molar-refractivity contribution in [3.8, 4) is 0 Å². The van der Waals surface area contributed by atoms with Crippen LogP contribution in [0.1, 0.15) is 17.5 Å². The molecule has 0 aliphatic carbocycles. The molecule has 28 heavy (non-hydrogen) atoms. The molecule has 0 aromatic heterocycles. The Balaban J connectivity index is 1.64. The highest BCUT2D eigenvalue weighted by Crippen LogP contribution is 2.31. The monoisotopic (exact) mass is 393 g/mol. The molecule has 1 fully saturated rings. The minimum Gasteiger partial charge on any atom is -0.312 e. The highest BCUT2D eigenvalue weighted by Gasteiger charge is 2.35. The number of halogens is 4. The van der Waals surface area contributed by atoms with Gasteiger partial charge in [-0.15, -0.1) is 0 Å². The Morgan fingerprint density at radius 1 is 1.14 bits per heavy atom. The summed E-state index contributed by atoms with van der Waals surface area (Å²) >= 11 is 0. The van der Waals surface area contributed by atoms with Gasteiger partial charge in [-0.1, -0.05) is 18.2 Å². The molecule has 1 N–H and O–H groups in total. The highest BCUT2D eigenvalue weighted by atomic mass is 19.4. The van der Waals surface area contributed by atoms with E-state index in [1.807, 2.05) is 0 Å². The number of amides is 2. The molecule has 2 amide bonds. The van der Waals surface area contributed by atoms with Gasteiger partial charge in [-0.2, -0.15) is 18.3 Å². The van der Waals surface area contributed by atoms with Crippen LogP contribution in [0.5, 0.6) is 0 Å². The molecule has 1 unspecified atom stereocenters. The number of rotatable bonds is 4. The maximum atomic E-state index is 13.0. The van der Waals surface area contributed by atoms with Gasteiger partial charge in [0.25, 0.3) is 0 Å². The smallest absolute Gasteiger partial charge is 0.312 e. The van der Waals surface area contributed by atoms with Crippen molar-refractivity contribution >= 4 is 23.7 Å². The number of alkyl halides is 3. The van der Waals surface area contributed by atoms with Crippen LogP contribution in [0, 0.1) is 11.7 Å². The molecule has 1 aliphatic rings. The van der Waals surface area contributed by atoms with Crippen molar-refractivity contribution in [3.05, 3.63) is 65.5 Å². The van der Waals surface area contributed by atoms with E-state index in [0.717, 1.165) is 12.3 Å². The summed E-state index contributed by atoms with van der Waals surface area (Å²) in [5, 5.41) is 3.59. The Bertz CT molecular complexity index is 910.